The van der Waals surface area contributed by atoms with Crippen molar-refractivity contribution in [3.05, 3.63) is 35.4 Å². The molecule has 0 saturated heterocycles. The molecule has 1 aromatic carbocycles. The molecule has 1 atom stereocenters. The van der Waals surface area contributed by atoms with E-state index in [1.54, 1.807) is 6.07 Å². The third-order valence-electron chi connectivity index (χ3n) is 4.07. The second-order valence-electron chi connectivity index (χ2n) is 5.23. The molecule has 5 heteroatoms. The van der Waals surface area contributed by atoms with Crippen LogP contribution in [0.5, 0.6) is 0 Å². The van der Waals surface area contributed by atoms with Crippen LogP contribution in [0.4, 0.5) is 8.78 Å². The Morgan fingerprint density at radius 1 is 1.16 bits per heavy atom. The molecule has 3 nitrogen and oxygen atoms in total. The fraction of sp³-hybridized carbons (Fsp3) is 0.500. The highest BCUT2D eigenvalue weighted by Crippen LogP contribution is 2.34. The van der Waals surface area contributed by atoms with Crippen molar-refractivity contribution in [1.82, 2.24) is 4.90 Å². The van der Waals surface area contributed by atoms with Crippen molar-refractivity contribution in [1.29, 1.82) is 0 Å². The Kier molecular flexibility index (Phi) is 3.12. The van der Waals surface area contributed by atoms with Crippen LogP contribution in [-0.2, 0) is 0 Å². The van der Waals surface area contributed by atoms with Gasteiger partial charge in [0.1, 0.15) is 0 Å². The van der Waals surface area contributed by atoms with Crippen molar-refractivity contribution >= 4 is 5.96 Å². The van der Waals surface area contributed by atoms with Crippen molar-refractivity contribution in [2.24, 2.45) is 10.7 Å². The molecule has 1 aliphatic heterocycles. The lowest BCUT2D eigenvalue weighted by Crippen LogP contribution is -2.42. The molecule has 0 aromatic heterocycles. The topological polar surface area (TPSA) is 41.6 Å². The van der Waals surface area contributed by atoms with Crippen molar-refractivity contribution in [3.8, 4) is 0 Å². The van der Waals surface area contributed by atoms with Crippen LogP contribution in [0.2, 0.25) is 0 Å². The van der Waals surface area contributed by atoms with Gasteiger partial charge in [-0.05, 0) is 30.5 Å². The number of benzene rings is 1. The Labute approximate surface area is 111 Å². The van der Waals surface area contributed by atoms with E-state index in [9.17, 15) is 8.78 Å². The van der Waals surface area contributed by atoms with Gasteiger partial charge in [0.25, 0.3) is 0 Å². The van der Waals surface area contributed by atoms with Crippen molar-refractivity contribution in [2.45, 2.75) is 37.8 Å². The Hall–Kier alpha value is -1.65. The molecule has 0 radical (unpaired) electrons. The maximum absolute atomic E-state index is 13.4. The normalized spacial score (nSPS) is 24.0. The summed E-state index contributed by atoms with van der Waals surface area (Å²) in [6, 6.07) is 4.38. The average Bonchev–Trinajstić information content (AvgIpc) is 3.01. The van der Waals surface area contributed by atoms with E-state index in [4.69, 9.17) is 5.73 Å². The Morgan fingerprint density at radius 3 is 2.58 bits per heavy atom. The number of halogens is 2. The first-order valence-electron chi connectivity index (χ1n) is 6.70. The molecule has 1 aliphatic carbocycles. The minimum atomic E-state index is -0.817. The van der Waals surface area contributed by atoms with E-state index in [1.165, 1.54) is 25.0 Å². The van der Waals surface area contributed by atoms with Crippen molar-refractivity contribution in [2.75, 3.05) is 6.54 Å². The van der Waals surface area contributed by atoms with Crippen LogP contribution in [-0.4, -0.2) is 23.4 Å². The maximum atomic E-state index is 13.4. The lowest BCUT2D eigenvalue weighted by molar-refractivity contribution is 0.261. The molecule has 0 spiro atoms. The molecule has 1 aromatic rings. The largest absolute Gasteiger partial charge is 0.370 e. The zero-order valence-electron chi connectivity index (χ0n) is 10.6. The lowest BCUT2D eigenvalue weighted by atomic mass is 10.0. The molecule has 3 rings (SSSR count). The molecule has 19 heavy (non-hydrogen) atoms. The summed E-state index contributed by atoms with van der Waals surface area (Å²) in [7, 11) is 0. The van der Waals surface area contributed by atoms with Crippen LogP contribution in [0.15, 0.2) is 23.2 Å². The number of guanidine groups is 1. The molecular weight excluding hydrogens is 248 g/mol. The van der Waals surface area contributed by atoms with E-state index in [1.807, 2.05) is 0 Å². The standard InChI is InChI=1S/C14H17F2N3/c15-11-6-5-9(7-12(11)16)13-8-18-14(17)19(13)10-3-1-2-4-10/h5-7,10,13H,1-4,8H2,(H2,17,18). The molecule has 0 bridgehead atoms. The van der Waals surface area contributed by atoms with Crippen LogP contribution in [0.3, 0.4) is 0 Å². The van der Waals surface area contributed by atoms with Crippen molar-refractivity contribution in [3.63, 3.8) is 0 Å². The van der Waals surface area contributed by atoms with Gasteiger partial charge in [0.15, 0.2) is 17.6 Å². The SMILES string of the molecule is NC1=NCC(c2ccc(F)c(F)c2)N1C1CCCC1. The Bertz CT molecular complexity index is 509. The molecule has 1 heterocycles. The smallest absolute Gasteiger partial charge is 0.192 e. The Balaban J connectivity index is 1.88. The Morgan fingerprint density at radius 2 is 1.89 bits per heavy atom. The van der Waals surface area contributed by atoms with Gasteiger partial charge in [0.2, 0.25) is 0 Å². The summed E-state index contributed by atoms with van der Waals surface area (Å²) in [5, 5.41) is 0. The molecular formula is C14H17F2N3. The summed E-state index contributed by atoms with van der Waals surface area (Å²) in [6.45, 7) is 0.521. The zero-order chi connectivity index (χ0) is 13.4. The number of nitrogens with two attached hydrogens (primary N) is 1. The van der Waals surface area contributed by atoms with E-state index in [2.05, 4.69) is 9.89 Å². The van der Waals surface area contributed by atoms with Crippen LogP contribution < -0.4 is 5.73 Å². The minimum Gasteiger partial charge on any atom is -0.370 e. The fourth-order valence-electron chi connectivity index (χ4n) is 3.12. The van der Waals surface area contributed by atoms with Gasteiger partial charge in [-0.25, -0.2) is 8.78 Å². The summed E-state index contributed by atoms with van der Waals surface area (Å²) in [5.74, 6) is -1.10. The highest BCUT2D eigenvalue weighted by atomic mass is 19.2. The molecule has 2 aliphatic rings. The molecule has 2 N–H and O–H groups in total. The summed E-state index contributed by atoms with van der Waals surface area (Å²) in [4.78, 5) is 6.36. The molecule has 1 saturated carbocycles. The molecule has 102 valence electrons. The number of hydrogen-bond acceptors (Lipinski definition) is 3. The maximum Gasteiger partial charge on any atom is 0.192 e. The molecule has 0 amide bonds. The second-order valence-corrected chi connectivity index (χ2v) is 5.23. The van der Waals surface area contributed by atoms with Crippen LogP contribution >= 0.6 is 0 Å². The van der Waals surface area contributed by atoms with E-state index in [0.29, 0.717) is 18.5 Å². The van der Waals surface area contributed by atoms with Crippen LogP contribution in [0.1, 0.15) is 37.3 Å². The number of nitrogens with zero attached hydrogens (tertiary/aromatic N) is 2. The highest BCUT2D eigenvalue weighted by molar-refractivity contribution is 5.80. The van der Waals surface area contributed by atoms with Gasteiger partial charge in [-0.3, -0.25) is 4.99 Å². The number of rotatable bonds is 2. The van der Waals surface area contributed by atoms with E-state index >= 15 is 0 Å². The van der Waals surface area contributed by atoms with E-state index in [-0.39, 0.29) is 6.04 Å². The third-order valence-corrected chi connectivity index (χ3v) is 4.07. The summed E-state index contributed by atoms with van der Waals surface area (Å²) in [5.41, 5.74) is 6.71. The minimum absolute atomic E-state index is 0.0572. The third kappa shape index (κ3) is 2.17. The van der Waals surface area contributed by atoms with Gasteiger partial charge < -0.3 is 10.6 Å². The van der Waals surface area contributed by atoms with E-state index < -0.39 is 11.6 Å². The first-order valence-corrected chi connectivity index (χ1v) is 6.70. The first kappa shape index (κ1) is 12.4. The van der Waals surface area contributed by atoms with Gasteiger partial charge in [-0.15, -0.1) is 0 Å². The summed E-state index contributed by atoms with van der Waals surface area (Å²) < 4.78 is 26.4. The lowest BCUT2D eigenvalue weighted by Gasteiger charge is -2.32. The van der Waals surface area contributed by atoms with Crippen LogP contribution in [0.25, 0.3) is 0 Å². The molecule has 1 fully saturated rings. The van der Waals surface area contributed by atoms with Crippen molar-refractivity contribution < 1.29 is 8.78 Å². The number of aliphatic imine (C=N–C) groups is 1. The summed E-state index contributed by atoms with van der Waals surface area (Å²) >= 11 is 0. The fourth-order valence-corrected chi connectivity index (χ4v) is 3.12. The number of hydrogen-bond donors (Lipinski definition) is 1. The monoisotopic (exact) mass is 265 g/mol. The average molecular weight is 265 g/mol. The zero-order valence-corrected chi connectivity index (χ0v) is 10.6. The van der Waals surface area contributed by atoms with Crippen LogP contribution in [0, 0.1) is 11.6 Å². The van der Waals surface area contributed by atoms with Gasteiger partial charge in [-0.2, -0.15) is 0 Å². The van der Waals surface area contributed by atoms with Gasteiger partial charge >= 0.3 is 0 Å². The first-order chi connectivity index (χ1) is 9.16. The summed E-state index contributed by atoms with van der Waals surface area (Å²) in [6.07, 6.45) is 4.57. The second kappa shape index (κ2) is 4.79. The van der Waals surface area contributed by atoms with Gasteiger partial charge in [-0.1, -0.05) is 18.9 Å². The molecule has 1 unspecified atom stereocenters. The quantitative estimate of drug-likeness (QED) is 0.893. The predicted octanol–water partition coefficient (Wildman–Crippen LogP) is 2.58. The predicted molar refractivity (Wildman–Crippen MR) is 69.7 cm³/mol. The highest BCUT2D eigenvalue weighted by Gasteiger charge is 2.34. The van der Waals surface area contributed by atoms with Gasteiger partial charge in [0, 0.05) is 6.04 Å². The van der Waals surface area contributed by atoms with E-state index in [0.717, 1.165) is 18.4 Å². The van der Waals surface area contributed by atoms with Gasteiger partial charge in [0.05, 0.1) is 12.6 Å².